The molecule has 0 bridgehead atoms. The Morgan fingerprint density at radius 2 is 1.85 bits per heavy atom. The minimum atomic E-state index is -0.220. The molecule has 8 nitrogen and oxygen atoms in total. The van der Waals surface area contributed by atoms with Crippen LogP contribution in [0.2, 0.25) is 0 Å². The maximum absolute atomic E-state index is 12.5. The number of anilines is 2. The predicted octanol–water partition coefficient (Wildman–Crippen LogP) is 4.00. The lowest BCUT2D eigenvalue weighted by molar-refractivity contribution is -0.116. The highest BCUT2D eigenvalue weighted by Gasteiger charge is 2.17. The first-order valence-electron chi connectivity index (χ1n) is 10.4. The molecule has 0 saturated heterocycles. The molecular formula is C24H27N5O3S. The number of nitrogens with one attached hydrogen (secondary N) is 2. The first kappa shape index (κ1) is 24.1. The third-order valence-corrected chi connectivity index (χ3v) is 5.76. The summed E-state index contributed by atoms with van der Waals surface area (Å²) in [6, 6.07) is 13.0. The predicted molar refractivity (Wildman–Crippen MR) is 131 cm³/mol. The van der Waals surface area contributed by atoms with E-state index in [1.54, 1.807) is 42.0 Å². The number of amides is 2. The minimum absolute atomic E-state index is 0.0438. The molecule has 2 aromatic carbocycles. The lowest BCUT2D eigenvalue weighted by Crippen LogP contribution is -2.18. The molecule has 2 amide bonds. The van der Waals surface area contributed by atoms with Crippen molar-refractivity contribution >= 4 is 35.0 Å². The molecule has 1 heterocycles. The maximum Gasteiger partial charge on any atom is 0.234 e. The zero-order chi connectivity index (χ0) is 23.8. The van der Waals surface area contributed by atoms with Gasteiger partial charge in [0, 0.05) is 17.9 Å². The molecule has 0 aliphatic heterocycles. The summed E-state index contributed by atoms with van der Waals surface area (Å²) in [5.74, 6) is 1.02. The van der Waals surface area contributed by atoms with Crippen LogP contribution in [0.3, 0.4) is 0 Å². The van der Waals surface area contributed by atoms with Crippen LogP contribution in [0.4, 0.5) is 11.4 Å². The number of thioether (sulfide) groups is 1. The summed E-state index contributed by atoms with van der Waals surface area (Å²) in [6.45, 7) is 8.13. The highest BCUT2D eigenvalue weighted by Crippen LogP contribution is 2.21. The Kier molecular flexibility index (Phi) is 8.26. The zero-order valence-electron chi connectivity index (χ0n) is 18.9. The first-order chi connectivity index (χ1) is 15.9. The molecule has 0 unspecified atom stereocenters. The lowest BCUT2D eigenvalue weighted by Gasteiger charge is -2.10. The third kappa shape index (κ3) is 6.69. The van der Waals surface area contributed by atoms with Crippen LogP contribution in [0.15, 0.2) is 60.3 Å². The molecule has 9 heteroatoms. The van der Waals surface area contributed by atoms with Crippen molar-refractivity contribution in [1.82, 2.24) is 14.8 Å². The van der Waals surface area contributed by atoms with Crippen molar-refractivity contribution in [2.45, 2.75) is 32.0 Å². The van der Waals surface area contributed by atoms with Gasteiger partial charge in [-0.3, -0.25) is 9.59 Å². The van der Waals surface area contributed by atoms with E-state index in [-0.39, 0.29) is 24.0 Å². The zero-order valence-corrected chi connectivity index (χ0v) is 19.7. The number of allylic oxidation sites excluding steroid dienone is 1. The molecule has 3 rings (SSSR count). The van der Waals surface area contributed by atoms with Crippen LogP contribution in [0.25, 0.3) is 0 Å². The molecule has 33 heavy (non-hydrogen) atoms. The van der Waals surface area contributed by atoms with Crippen LogP contribution >= 0.6 is 11.8 Å². The van der Waals surface area contributed by atoms with Gasteiger partial charge in [-0.15, -0.1) is 16.8 Å². The Bertz CT molecular complexity index is 1140. The Hall–Kier alpha value is -3.59. The number of aromatic nitrogens is 3. The topological polar surface area (TPSA) is 98.1 Å². The monoisotopic (exact) mass is 465 g/mol. The summed E-state index contributed by atoms with van der Waals surface area (Å²) in [5, 5.41) is 14.7. The van der Waals surface area contributed by atoms with Gasteiger partial charge in [0.25, 0.3) is 0 Å². The van der Waals surface area contributed by atoms with Crippen molar-refractivity contribution in [1.29, 1.82) is 0 Å². The van der Waals surface area contributed by atoms with Crippen LogP contribution in [-0.2, 0) is 22.6 Å². The van der Waals surface area contributed by atoms with Crippen LogP contribution in [0.1, 0.15) is 17.0 Å². The molecular weight excluding hydrogens is 438 g/mol. The lowest BCUT2D eigenvalue weighted by atomic mass is 10.1. The van der Waals surface area contributed by atoms with E-state index in [4.69, 9.17) is 4.74 Å². The van der Waals surface area contributed by atoms with Crippen LogP contribution in [-0.4, -0.2) is 39.4 Å². The van der Waals surface area contributed by atoms with E-state index in [0.29, 0.717) is 29.0 Å². The van der Waals surface area contributed by atoms with Crippen molar-refractivity contribution in [2.75, 3.05) is 23.5 Å². The second-order valence-electron chi connectivity index (χ2n) is 7.41. The molecule has 0 fully saturated rings. The fourth-order valence-corrected chi connectivity index (χ4v) is 3.85. The van der Waals surface area contributed by atoms with Gasteiger partial charge in [0.1, 0.15) is 11.6 Å². The van der Waals surface area contributed by atoms with E-state index in [0.717, 1.165) is 16.8 Å². The SMILES string of the molecule is C=CCn1c(CC(=O)Nc2ccc(OC)cc2)nnc1SCC(=O)Nc1cc(C)ccc1C. The van der Waals surface area contributed by atoms with Gasteiger partial charge >= 0.3 is 0 Å². The number of ether oxygens (including phenoxy) is 1. The molecule has 0 aliphatic carbocycles. The Morgan fingerprint density at radius 1 is 1.09 bits per heavy atom. The number of carbonyl (C=O) groups excluding carboxylic acids is 2. The molecule has 1 aromatic heterocycles. The van der Waals surface area contributed by atoms with E-state index in [9.17, 15) is 9.59 Å². The van der Waals surface area contributed by atoms with E-state index < -0.39 is 0 Å². The van der Waals surface area contributed by atoms with Gasteiger partial charge in [0.2, 0.25) is 11.8 Å². The largest absolute Gasteiger partial charge is 0.497 e. The molecule has 2 N–H and O–H groups in total. The molecule has 0 radical (unpaired) electrons. The van der Waals surface area contributed by atoms with E-state index in [1.807, 2.05) is 32.0 Å². The van der Waals surface area contributed by atoms with Crippen molar-refractivity contribution in [3.8, 4) is 5.75 Å². The molecule has 0 spiro atoms. The summed E-state index contributed by atoms with van der Waals surface area (Å²) >= 11 is 1.26. The van der Waals surface area contributed by atoms with Crippen molar-refractivity contribution in [2.24, 2.45) is 0 Å². The van der Waals surface area contributed by atoms with Crippen LogP contribution in [0, 0.1) is 13.8 Å². The Labute approximate surface area is 197 Å². The fourth-order valence-electron chi connectivity index (χ4n) is 3.08. The van der Waals surface area contributed by atoms with Crippen LogP contribution < -0.4 is 15.4 Å². The standard InChI is InChI=1S/C24H27N5O3S/c1-5-12-29-21(14-22(30)25-18-8-10-19(32-4)11-9-18)27-28-24(29)33-15-23(31)26-20-13-16(2)6-7-17(20)3/h5-11,13H,1,12,14-15H2,2-4H3,(H,25,30)(H,26,31). The maximum atomic E-state index is 12.5. The van der Waals surface area contributed by atoms with E-state index >= 15 is 0 Å². The van der Waals surface area contributed by atoms with Gasteiger partial charge in [-0.25, -0.2) is 0 Å². The van der Waals surface area contributed by atoms with Gasteiger partial charge in [-0.1, -0.05) is 30.0 Å². The Balaban J connectivity index is 1.62. The molecule has 0 atom stereocenters. The van der Waals surface area contributed by atoms with Gasteiger partial charge in [0.05, 0.1) is 19.3 Å². The number of hydrogen-bond acceptors (Lipinski definition) is 6. The fraction of sp³-hybridized carbons (Fsp3) is 0.250. The van der Waals surface area contributed by atoms with Crippen LogP contribution in [0.5, 0.6) is 5.75 Å². The van der Waals surface area contributed by atoms with Gasteiger partial charge < -0.3 is 19.9 Å². The number of nitrogens with zero attached hydrogens (tertiary/aromatic N) is 3. The van der Waals surface area contributed by atoms with Gasteiger partial charge in [0.15, 0.2) is 5.16 Å². The van der Waals surface area contributed by atoms with Gasteiger partial charge in [-0.05, 0) is 55.3 Å². The number of methoxy groups -OCH3 is 1. The third-order valence-electron chi connectivity index (χ3n) is 4.80. The first-order valence-corrected chi connectivity index (χ1v) is 11.3. The summed E-state index contributed by atoms with van der Waals surface area (Å²) in [5.41, 5.74) is 3.53. The highest BCUT2D eigenvalue weighted by molar-refractivity contribution is 7.99. The second kappa shape index (κ2) is 11.3. The van der Waals surface area contributed by atoms with Crippen molar-refractivity contribution in [3.05, 3.63) is 72.1 Å². The molecule has 3 aromatic rings. The number of carbonyl (C=O) groups is 2. The summed E-state index contributed by atoms with van der Waals surface area (Å²) in [7, 11) is 1.59. The normalized spacial score (nSPS) is 10.5. The Morgan fingerprint density at radius 3 is 2.55 bits per heavy atom. The second-order valence-corrected chi connectivity index (χ2v) is 8.35. The number of benzene rings is 2. The van der Waals surface area contributed by atoms with E-state index in [2.05, 4.69) is 27.4 Å². The summed E-state index contributed by atoms with van der Waals surface area (Å²) < 4.78 is 6.91. The van der Waals surface area contributed by atoms with E-state index in [1.165, 1.54) is 11.8 Å². The average molecular weight is 466 g/mol. The molecule has 0 saturated carbocycles. The quantitative estimate of drug-likeness (QED) is 0.347. The number of rotatable bonds is 10. The number of hydrogen-bond donors (Lipinski definition) is 2. The minimum Gasteiger partial charge on any atom is -0.497 e. The average Bonchev–Trinajstić information content (AvgIpc) is 3.16. The molecule has 172 valence electrons. The summed E-state index contributed by atoms with van der Waals surface area (Å²) in [6.07, 6.45) is 1.75. The van der Waals surface area contributed by atoms with Crippen molar-refractivity contribution < 1.29 is 14.3 Å². The van der Waals surface area contributed by atoms with Crippen molar-refractivity contribution in [3.63, 3.8) is 0 Å². The smallest absolute Gasteiger partial charge is 0.234 e. The van der Waals surface area contributed by atoms with Gasteiger partial charge in [-0.2, -0.15) is 0 Å². The highest BCUT2D eigenvalue weighted by atomic mass is 32.2. The molecule has 0 aliphatic rings. The number of aryl methyl sites for hydroxylation is 2. The summed E-state index contributed by atoms with van der Waals surface area (Å²) in [4.78, 5) is 25.0.